The number of amides is 1. The van der Waals surface area contributed by atoms with Crippen LogP contribution < -0.4 is 5.32 Å². The number of hydrogen-bond acceptors (Lipinski definition) is 3. The Labute approximate surface area is 140 Å². The summed E-state index contributed by atoms with van der Waals surface area (Å²) in [6.45, 7) is 1.28. The molecule has 5 heteroatoms. The Bertz CT molecular complexity index is 851. The van der Waals surface area contributed by atoms with Crippen LogP contribution >= 0.6 is 0 Å². The Morgan fingerprint density at radius 3 is 2.67 bits per heavy atom. The number of para-hydroxylation sites is 1. The molecule has 1 aliphatic rings. The summed E-state index contributed by atoms with van der Waals surface area (Å²) in [5.41, 5.74) is 2.12. The molecule has 0 bridgehead atoms. The van der Waals surface area contributed by atoms with Crippen molar-refractivity contribution in [3.8, 4) is 0 Å². The summed E-state index contributed by atoms with van der Waals surface area (Å²) in [6, 6.07) is 15.8. The van der Waals surface area contributed by atoms with Crippen molar-refractivity contribution < 1.29 is 9.53 Å². The first-order valence-electron chi connectivity index (χ1n) is 8.16. The van der Waals surface area contributed by atoms with Crippen LogP contribution in [0.25, 0.3) is 10.9 Å². The lowest BCUT2D eigenvalue weighted by molar-refractivity contribution is 0.0346. The van der Waals surface area contributed by atoms with E-state index in [-0.39, 0.29) is 5.91 Å². The minimum Gasteiger partial charge on any atom is -0.381 e. The first-order chi connectivity index (χ1) is 11.8. The molecule has 1 aromatic heterocycles. The van der Waals surface area contributed by atoms with Crippen molar-refractivity contribution >= 4 is 16.8 Å². The molecular formula is C19H19N3O2. The van der Waals surface area contributed by atoms with E-state index in [2.05, 4.69) is 27.6 Å². The average molecular weight is 321 g/mol. The van der Waals surface area contributed by atoms with Gasteiger partial charge < -0.3 is 10.1 Å². The zero-order chi connectivity index (χ0) is 16.4. The number of nitrogens with one attached hydrogen (secondary N) is 2. The van der Waals surface area contributed by atoms with Crippen LogP contribution in [0.2, 0.25) is 0 Å². The zero-order valence-corrected chi connectivity index (χ0v) is 13.3. The van der Waals surface area contributed by atoms with Crippen LogP contribution in [-0.2, 0) is 10.3 Å². The first kappa shape index (κ1) is 14.9. The van der Waals surface area contributed by atoms with E-state index < -0.39 is 5.54 Å². The summed E-state index contributed by atoms with van der Waals surface area (Å²) in [5.74, 6) is -0.0874. The molecular weight excluding hydrogens is 302 g/mol. The smallest absolute Gasteiger partial charge is 0.254 e. The van der Waals surface area contributed by atoms with E-state index in [1.165, 1.54) is 0 Å². The Morgan fingerprint density at radius 2 is 1.88 bits per heavy atom. The number of carbonyl (C=O) groups excluding carboxylic acids is 1. The zero-order valence-electron chi connectivity index (χ0n) is 13.3. The molecule has 3 aromatic rings. The summed E-state index contributed by atoms with van der Waals surface area (Å²) in [4.78, 5) is 13.0. The highest BCUT2D eigenvalue weighted by Crippen LogP contribution is 2.32. The maximum atomic E-state index is 13.0. The minimum atomic E-state index is -0.390. The number of H-pyrrole nitrogens is 1. The fourth-order valence-corrected chi connectivity index (χ4v) is 3.41. The SMILES string of the molecule is O=C(NC1(c2ccccc2)CCOCC1)c1cccc2cn[nH]c12. The van der Waals surface area contributed by atoms with Crippen LogP contribution in [0, 0.1) is 0 Å². The number of benzene rings is 2. The van der Waals surface area contributed by atoms with E-state index in [0.717, 1.165) is 29.3 Å². The highest BCUT2D eigenvalue weighted by atomic mass is 16.5. The number of carbonyl (C=O) groups is 1. The molecule has 0 unspecified atom stereocenters. The molecule has 24 heavy (non-hydrogen) atoms. The van der Waals surface area contributed by atoms with Crippen LogP contribution in [0.5, 0.6) is 0 Å². The van der Waals surface area contributed by atoms with E-state index in [4.69, 9.17) is 4.74 Å². The number of hydrogen-bond donors (Lipinski definition) is 2. The second-order valence-corrected chi connectivity index (χ2v) is 6.15. The van der Waals surface area contributed by atoms with Gasteiger partial charge in [-0.3, -0.25) is 9.89 Å². The summed E-state index contributed by atoms with van der Waals surface area (Å²) < 4.78 is 5.52. The summed E-state index contributed by atoms with van der Waals surface area (Å²) in [5, 5.41) is 11.2. The molecule has 0 aliphatic carbocycles. The fraction of sp³-hybridized carbons (Fsp3) is 0.263. The Hall–Kier alpha value is -2.66. The van der Waals surface area contributed by atoms with Gasteiger partial charge >= 0.3 is 0 Å². The molecule has 0 radical (unpaired) electrons. The Balaban J connectivity index is 1.70. The number of fused-ring (bicyclic) bond motifs is 1. The van der Waals surface area contributed by atoms with Crippen LogP contribution in [-0.4, -0.2) is 29.3 Å². The molecule has 5 nitrogen and oxygen atoms in total. The molecule has 1 aliphatic heterocycles. The Morgan fingerprint density at radius 1 is 1.08 bits per heavy atom. The predicted molar refractivity (Wildman–Crippen MR) is 91.7 cm³/mol. The van der Waals surface area contributed by atoms with Gasteiger partial charge in [-0.2, -0.15) is 5.10 Å². The van der Waals surface area contributed by atoms with Crippen molar-refractivity contribution in [3.05, 3.63) is 65.9 Å². The molecule has 2 heterocycles. The predicted octanol–water partition coefficient (Wildman–Crippen LogP) is 3.00. The highest BCUT2D eigenvalue weighted by Gasteiger charge is 2.36. The molecule has 0 atom stereocenters. The van der Waals surface area contributed by atoms with Crippen molar-refractivity contribution in [2.24, 2.45) is 0 Å². The van der Waals surface area contributed by atoms with Gasteiger partial charge in [-0.15, -0.1) is 0 Å². The molecule has 0 spiro atoms. The maximum absolute atomic E-state index is 13.0. The van der Waals surface area contributed by atoms with Gasteiger partial charge in [0.1, 0.15) is 0 Å². The lowest BCUT2D eigenvalue weighted by atomic mass is 9.82. The van der Waals surface area contributed by atoms with Crippen molar-refractivity contribution in [3.63, 3.8) is 0 Å². The summed E-state index contributed by atoms with van der Waals surface area (Å²) in [6.07, 6.45) is 3.26. The van der Waals surface area contributed by atoms with E-state index >= 15 is 0 Å². The van der Waals surface area contributed by atoms with Crippen LogP contribution in [0.3, 0.4) is 0 Å². The number of aromatic amines is 1. The molecule has 4 rings (SSSR count). The number of rotatable bonds is 3. The van der Waals surface area contributed by atoms with Gasteiger partial charge in [0.05, 0.1) is 22.8 Å². The molecule has 122 valence electrons. The highest BCUT2D eigenvalue weighted by molar-refractivity contribution is 6.05. The van der Waals surface area contributed by atoms with Crippen LogP contribution in [0.1, 0.15) is 28.8 Å². The third-order valence-electron chi connectivity index (χ3n) is 4.75. The lowest BCUT2D eigenvalue weighted by Crippen LogP contribution is -2.49. The van der Waals surface area contributed by atoms with Gasteiger partial charge in [0.25, 0.3) is 5.91 Å². The number of nitrogens with zero attached hydrogens (tertiary/aromatic N) is 1. The van der Waals surface area contributed by atoms with Crippen molar-refractivity contribution in [1.29, 1.82) is 0 Å². The second kappa shape index (κ2) is 6.09. The molecule has 2 aromatic carbocycles. The van der Waals surface area contributed by atoms with E-state index in [0.29, 0.717) is 18.8 Å². The molecule has 1 fully saturated rings. The van der Waals surface area contributed by atoms with E-state index in [1.54, 1.807) is 6.20 Å². The lowest BCUT2D eigenvalue weighted by Gasteiger charge is -2.38. The van der Waals surface area contributed by atoms with Crippen LogP contribution in [0.15, 0.2) is 54.7 Å². The van der Waals surface area contributed by atoms with Crippen LogP contribution in [0.4, 0.5) is 0 Å². The molecule has 2 N–H and O–H groups in total. The first-order valence-corrected chi connectivity index (χ1v) is 8.16. The van der Waals surface area contributed by atoms with Gasteiger partial charge in [0.2, 0.25) is 0 Å². The Kier molecular flexibility index (Phi) is 3.78. The third kappa shape index (κ3) is 2.57. The normalized spacial score (nSPS) is 16.8. The van der Waals surface area contributed by atoms with Gasteiger partial charge in [-0.25, -0.2) is 0 Å². The average Bonchev–Trinajstić information content (AvgIpc) is 3.12. The molecule has 0 saturated carbocycles. The second-order valence-electron chi connectivity index (χ2n) is 6.15. The molecule has 1 saturated heterocycles. The minimum absolute atomic E-state index is 0.0874. The largest absolute Gasteiger partial charge is 0.381 e. The topological polar surface area (TPSA) is 67.0 Å². The maximum Gasteiger partial charge on any atom is 0.254 e. The van der Waals surface area contributed by atoms with Gasteiger partial charge in [0.15, 0.2) is 0 Å². The molecule has 1 amide bonds. The van der Waals surface area contributed by atoms with Gasteiger partial charge in [-0.1, -0.05) is 42.5 Å². The standard InChI is InChI=1S/C19H19N3O2/c23-18(16-8-4-5-14-13-20-22-17(14)16)21-19(9-11-24-12-10-19)15-6-2-1-3-7-15/h1-8,13H,9-12H2,(H,20,22)(H,21,23). The summed E-state index contributed by atoms with van der Waals surface area (Å²) >= 11 is 0. The van der Waals surface area contributed by atoms with Crippen molar-refractivity contribution in [2.45, 2.75) is 18.4 Å². The monoisotopic (exact) mass is 321 g/mol. The fourth-order valence-electron chi connectivity index (χ4n) is 3.41. The quantitative estimate of drug-likeness (QED) is 0.779. The van der Waals surface area contributed by atoms with Crippen molar-refractivity contribution in [1.82, 2.24) is 15.5 Å². The summed E-state index contributed by atoms with van der Waals surface area (Å²) in [7, 11) is 0. The van der Waals surface area contributed by atoms with E-state index in [1.807, 2.05) is 36.4 Å². The number of aromatic nitrogens is 2. The van der Waals surface area contributed by atoms with Gasteiger partial charge in [-0.05, 0) is 24.5 Å². The number of ether oxygens (including phenoxy) is 1. The third-order valence-corrected chi connectivity index (χ3v) is 4.75. The van der Waals surface area contributed by atoms with Crippen molar-refractivity contribution in [2.75, 3.05) is 13.2 Å². The van der Waals surface area contributed by atoms with Gasteiger partial charge in [0, 0.05) is 18.6 Å². The van der Waals surface area contributed by atoms with E-state index in [9.17, 15) is 4.79 Å².